The molecule has 0 aliphatic heterocycles. The van der Waals surface area contributed by atoms with Crippen LogP contribution in [-0.2, 0) is 4.79 Å². The maximum atomic E-state index is 10.1. The van der Waals surface area contributed by atoms with Crippen LogP contribution in [0.4, 0.5) is 0 Å². The molecule has 17 heavy (non-hydrogen) atoms. The van der Waals surface area contributed by atoms with Gasteiger partial charge in [0.25, 0.3) is 0 Å². The maximum Gasteiger partial charge on any atom is 0.328 e. The fourth-order valence-electron chi connectivity index (χ4n) is 1.02. The number of carboxylic acid groups (broad SMARTS) is 1. The van der Waals surface area contributed by atoms with Crippen molar-refractivity contribution in [1.29, 1.82) is 0 Å². The van der Waals surface area contributed by atoms with Crippen molar-refractivity contribution in [3.63, 3.8) is 0 Å². The van der Waals surface area contributed by atoms with Crippen molar-refractivity contribution in [2.24, 2.45) is 0 Å². The third kappa shape index (κ3) is 14.2. The molecule has 0 fully saturated rings. The SMILES string of the molecule is CCCCC=CC=CC=CC=CC=CC(=O)O. The number of aliphatic carboxylic acids is 1. The minimum Gasteiger partial charge on any atom is -0.478 e. The van der Waals surface area contributed by atoms with Crippen LogP contribution < -0.4 is 0 Å². The van der Waals surface area contributed by atoms with Crippen molar-refractivity contribution in [2.75, 3.05) is 0 Å². The second kappa shape index (κ2) is 12.2. The van der Waals surface area contributed by atoms with Crippen LogP contribution in [0.5, 0.6) is 0 Å². The first-order valence-electron chi connectivity index (χ1n) is 5.83. The number of allylic oxidation sites excluding steroid dienone is 9. The van der Waals surface area contributed by atoms with E-state index in [1.807, 2.05) is 30.4 Å². The summed E-state index contributed by atoms with van der Waals surface area (Å²) >= 11 is 0. The first kappa shape index (κ1) is 15.2. The maximum absolute atomic E-state index is 10.1. The molecule has 0 aromatic carbocycles. The van der Waals surface area contributed by atoms with E-state index in [4.69, 9.17) is 5.11 Å². The molecule has 0 atom stereocenters. The van der Waals surface area contributed by atoms with Crippen LogP contribution in [0.15, 0.2) is 60.8 Å². The van der Waals surface area contributed by atoms with Gasteiger partial charge in [-0.25, -0.2) is 4.79 Å². The summed E-state index contributed by atoms with van der Waals surface area (Å²) in [5.74, 6) is -0.934. The van der Waals surface area contributed by atoms with Gasteiger partial charge in [0.15, 0.2) is 0 Å². The van der Waals surface area contributed by atoms with Crippen molar-refractivity contribution < 1.29 is 9.90 Å². The number of carboxylic acids is 1. The minimum atomic E-state index is -0.934. The Bertz CT molecular complexity index is 331. The fourth-order valence-corrected chi connectivity index (χ4v) is 1.02. The van der Waals surface area contributed by atoms with E-state index in [0.29, 0.717) is 0 Å². The van der Waals surface area contributed by atoms with Gasteiger partial charge >= 0.3 is 5.97 Å². The lowest BCUT2D eigenvalue weighted by Gasteiger charge is -1.84. The number of carbonyl (C=O) groups is 1. The van der Waals surface area contributed by atoms with E-state index >= 15 is 0 Å². The highest BCUT2D eigenvalue weighted by Crippen LogP contribution is 1.94. The van der Waals surface area contributed by atoms with Gasteiger partial charge in [0, 0.05) is 6.08 Å². The van der Waals surface area contributed by atoms with Crippen LogP contribution in [0.25, 0.3) is 0 Å². The molecule has 0 heterocycles. The summed E-state index contributed by atoms with van der Waals surface area (Å²) in [6.07, 6.45) is 21.5. The van der Waals surface area contributed by atoms with E-state index in [2.05, 4.69) is 13.0 Å². The Kier molecular flexibility index (Phi) is 10.9. The van der Waals surface area contributed by atoms with Gasteiger partial charge in [-0.05, 0) is 6.42 Å². The number of hydrogen-bond acceptors (Lipinski definition) is 1. The summed E-state index contributed by atoms with van der Waals surface area (Å²) in [4.78, 5) is 10.1. The normalized spacial score (nSPS) is 13.0. The highest BCUT2D eigenvalue weighted by Gasteiger charge is 1.79. The van der Waals surface area contributed by atoms with E-state index in [0.717, 1.165) is 12.5 Å². The third-order valence-corrected chi connectivity index (χ3v) is 1.88. The molecule has 0 aliphatic rings. The lowest BCUT2D eigenvalue weighted by molar-refractivity contribution is -0.131. The Morgan fingerprint density at radius 1 is 0.941 bits per heavy atom. The topological polar surface area (TPSA) is 37.3 Å². The van der Waals surface area contributed by atoms with Crippen molar-refractivity contribution >= 4 is 5.97 Å². The summed E-state index contributed by atoms with van der Waals surface area (Å²) < 4.78 is 0. The van der Waals surface area contributed by atoms with Gasteiger partial charge < -0.3 is 5.11 Å². The van der Waals surface area contributed by atoms with Gasteiger partial charge in [-0.3, -0.25) is 0 Å². The minimum absolute atomic E-state index is 0.934. The highest BCUT2D eigenvalue weighted by atomic mass is 16.4. The predicted molar refractivity (Wildman–Crippen MR) is 72.9 cm³/mol. The van der Waals surface area contributed by atoms with Gasteiger partial charge in [-0.15, -0.1) is 0 Å². The molecule has 0 aliphatic carbocycles. The first-order valence-corrected chi connectivity index (χ1v) is 5.83. The Morgan fingerprint density at radius 2 is 1.47 bits per heavy atom. The second-order valence-electron chi connectivity index (χ2n) is 3.42. The number of unbranched alkanes of at least 4 members (excludes halogenated alkanes) is 2. The molecule has 0 unspecified atom stereocenters. The number of rotatable bonds is 8. The molecule has 0 bridgehead atoms. The summed E-state index contributed by atoms with van der Waals surface area (Å²) in [5.41, 5.74) is 0. The molecule has 0 amide bonds. The molecule has 0 spiro atoms. The zero-order chi connectivity index (χ0) is 12.8. The third-order valence-electron chi connectivity index (χ3n) is 1.88. The van der Waals surface area contributed by atoms with Gasteiger partial charge in [0.2, 0.25) is 0 Å². The van der Waals surface area contributed by atoms with Crippen molar-refractivity contribution in [3.8, 4) is 0 Å². The van der Waals surface area contributed by atoms with E-state index in [1.165, 1.54) is 18.9 Å². The first-order chi connectivity index (χ1) is 8.27. The molecule has 0 aromatic heterocycles. The quantitative estimate of drug-likeness (QED) is 0.389. The number of hydrogen-bond donors (Lipinski definition) is 1. The standard InChI is InChI=1S/C15H20O2/c1-2-3-4-5-6-7-8-9-10-11-12-13-14-15(16)17/h5-14H,2-4H2,1H3,(H,16,17). The second-order valence-corrected chi connectivity index (χ2v) is 3.42. The summed E-state index contributed by atoms with van der Waals surface area (Å²) in [6, 6.07) is 0. The van der Waals surface area contributed by atoms with Crippen molar-refractivity contribution in [2.45, 2.75) is 26.2 Å². The molecule has 2 heteroatoms. The smallest absolute Gasteiger partial charge is 0.328 e. The Hall–Kier alpha value is -1.83. The summed E-state index contributed by atoms with van der Waals surface area (Å²) in [7, 11) is 0. The summed E-state index contributed by atoms with van der Waals surface area (Å²) in [6.45, 7) is 2.18. The molecule has 0 saturated carbocycles. The Balaban J connectivity index is 3.69. The zero-order valence-corrected chi connectivity index (χ0v) is 10.3. The molecule has 1 N–H and O–H groups in total. The Labute approximate surface area is 103 Å². The largest absolute Gasteiger partial charge is 0.478 e. The van der Waals surface area contributed by atoms with Gasteiger partial charge in [0.05, 0.1) is 0 Å². The predicted octanol–water partition coefficient (Wildman–Crippen LogP) is 4.04. The lowest BCUT2D eigenvalue weighted by Crippen LogP contribution is -1.84. The average molecular weight is 232 g/mol. The van der Waals surface area contributed by atoms with Crippen LogP contribution in [0.1, 0.15) is 26.2 Å². The van der Waals surface area contributed by atoms with Gasteiger partial charge in [-0.1, -0.05) is 74.4 Å². The molecule has 2 nitrogen and oxygen atoms in total. The van der Waals surface area contributed by atoms with Gasteiger partial charge in [0.1, 0.15) is 0 Å². The summed E-state index contributed by atoms with van der Waals surface area (Å²) in [5, 5.41) is 8.32. The van der Waals surface area contributed by atoms with Crippen molar-refractivity contribution in [3.05, 3.63) is 60.8 Å². The van der Waals surface area contributed by atoms with Crippen molar-refractivity contribution in [1.82, 2.24) is 0 Å². The van der Waals surface area contributed by atoms with Crippen LogP contribution >= 0.6 is 0 Å². The van der Waals surface area contributed by atoms with E-state index in [9.17, 15) is 4.79 Å². The monoisotopic (exact) mass is 232 g/mol. The van der Waals surface area contributed by atoms with Gasteiger partial charge in [-0.2, -0.15) is 0 Å². The molecule has 0 radical (unpaired) electrons. The highest BCUT2D eigenvalue weighted by molar-refractivity contribution is 5.80. The van der Waals surface area contributed by atoms with Crippen LogP contribution in [-0.4, -0.2) is 11.1 Å². The Morgan fingerprint density at radius 3 is 2.00 bits per heavy atom. The van der Waals surface area contributed by atoms with E-state index in [1.54, 1.807) is 12.2 Å². The molecule has 92 valence electrons. The zero-order valence-electron chi connectivity index (χ0n) is 10.3. The molecular weight excluding hydrogens is 212 g/mol. The fraction of sp³-hybridized carbons (Fsp3) is 0.267. The molecule has 0 saturated heterocycles. The van der Waals surface area contributed by atoms with E-state index in [-0.39, 0.29) is 0 Å². The van der Waals surface area contributed by atoms with Crippen LogP contribution in [0, 0.1) is 0 Å². The van der Waals surface area contributed by atoms with Crippen LogP contribution in [0.3, 0.4) is 0 Å². The van der Waals surface area contributed by atoms with Crippen LogP contribution in [0.2, 0.25) is 0 Å². The van der Waals surface area contributed by atoms with E-state index < -0.39 is 5.97 Å². The molecule has 0 aromatic rings. The molecule has 0 rings (SSSR count). The molecular formula is C15H20O2. The lowest BCUT2D eigenvalue weighted by atomic mass is 10.2. The average Bonchev–Trinajstić information content (AvgIpc) is 2.30.